The Morgan fingerprint density at radius 2 is 2.10 bits per heavy atom. The fraction of sp³-hybridized carbons (Fsp3) is 0.300. The van der Waals surface area contributed by atoms with Crippen molar-refractivity contribution in [2.24, 2.45) is 0 Å². The first kappa shape index (κ1) is 20.5. The largest absolute Gasteiger partial charge is 0.405 e. The molecule has 31 heavy (non-hydrogen) atoms. The third-order valence-corrected chi connectivity index (χ3v) is 5.01. The Morgan fingerprint density at radius 1 is 1.29 bits per heavy atom. The molecule has 0 aliphatic carbocycles. The lowest BCUT2D eigenvalue weighted by Crippen LogP contribution is -2.48. The Bertz CT molecular complexity index is 1080. The number of anilines is 3. The van der Waals surface area contributed by atoms with Gasteiger partial charge in [0.1, 0.15) is 18.1 Å². The number of pyridine rings is 2. The van der Waals surface area contributed by atoms with Crippen LogP contribution >= 0.6 is 0 Å². The molecule has 0 spiro atoms. The molecule has 11 heteroatoms. The highest BCUT2D eigenvalue weighted by atomic mass is 19.4. The standard InChI is InChI=1S/C20H17F3N6O2/c1-2-12-5-7-24-16(9-12)27-19(31)29-13-6-8-28(10-13)15-4-3-14(26-17(15)29)18(30)25-11-20(21,22)23/h1,3-5,7,9,13H,6,8,10-11H2,(H,25,30)(H,24,27,31). The van der Waals surface area contributed by atoms with E-state index in [9.17, 15) is 22.8 Å². The molecular weight excluding hydrogens is 413 g/mol. The lowest BCUT2D eigenvalue weighted by molar-refractivity contribution is -0.123. The van der Waals surface area contributed by atoms with Gasteiger partial charge in [-0.05, 0) is 30.7 Å². The number of hydrogen-bond acceptors (Lipinski definition) is 5. The van der Waals surface area contributed by atoms with Gasteiger partial charge in [-0.25, -0.2) is 14.8 Å². The number of amides is 3. The highest BCUT2D eigenvalue weighted by molar-refractivity contribution is 6.05. The zero-order chi connectivity index (χ0) is 22.2. The molecule has 1 atom stereocenters. The van der Waals surface area contributed by atoms with Gasteiger partial charge >= 0.3 is 12.2 Å². The zero-order valence-corrected chi connectivity index (χ0v) is 16.1. The summed E-state index contributed by atoms with van der Waals surface area (Å²) >= 11 is 0. The molecule has 1 saturated heterocycles. The normalized spacial score (nSPS) is 17.0. The highest BCUT2D eigenvalue weighted by Crippen LogP contribution is 2.39. The number of halogens is 3. The van der Waals surface area contributed by atoms with Crippen molar-refractivity contribution in [1.82, 2.24) is 15.3 Å². The zero-order valence-electron chi connectivity index (χ0n) is 16.1. The van der Waals surface area contributed by atoms with E-state index in [1.165, 1.54) is 23.2 Å². The van der Waals surface area contributed by atoms with Gasteiger partial charge < -0.3 is 10.2 Å². The number of aromatic nitrogens is 2. The second-order valence-electron chi connectivity index (χ2n) is 7.10. The van der Waals surface area contributed by atoms with E-state index in [1.54, 1.807) is 17.4 Å². The summed E-state index contributed by atoms with van der Waals surface area (Å²) in [4.78, 5) is 37.0. The number of urea groups is 1. The van der Waals surface area contributed by atoms with Gasteiger partial charge in [-0.1, -0.05) is 5.92 Å². The number of rotatable bonds is 3. The molecule has 0 radical (unpaired) electrons. The fourth-order valence-corrected chi connectivity index (χ4v) is 3.63. The topological polar surface area (TPSA) is 90.5 Å². The van der Waals surface area contributed by atoms with Crippen molar-refractivity contribution in [2.45, 2.75) is 18.6 Å². The third-order valence-electron chi connectivity index (χ3n) is 5.01. The monoisotopic (exact) mass is 430 g/mol. The molecule has 0 aromatic carbocycles. The van der Waals surface area contributed by atoms with Crippen LogP contribution in [0.1, 0.15) is 22.5 Å². The van der Waals surface area contributed by atoms with Crippen LogP contribution in [0.5, 0.6) is 0 Å². The smallest absolute Gasteiger partial charge is 0.366 e. The summed E-state index contributed by atoms with van der Waals surface area (Å²) in [5.41, 5.74) is 0.954. The van der Waals surface area contributed by atoms with Gasteiger partial charge in [0.15, 0.2) is 5.82 Å². The molecule has 4 rings (SSSR count). The van der Waals surface area contributed by atoms with Crippen LogP contribution in [0.25, 0.3) is 0 Å². The van der Waals surface area contributed by atoms with Crippen LogP contribution in [-0.2, 0) is 0 Å². The van der Waals surface area contributed by atoms with Crippen molar-refractivity contribution in [3.05, 3.63) is 41.7 Å². The molecule has 3 amide bonds. The number of fused-ring (bicyclic) bond motifs is 4. The summed E-state index contributed by atoms with van der Waals surface area (Å²) in [5, 5.41) is 4.47. The summed E-state index contributed by atoms with van der Waals surface area (Å²) in [6, 6.07) is 5.37. The maximum Gasteiger partial charge on any atom is 0.405 e. The van der Waals surface area contributed by atoms with E-state index in [2.05, 4.69) is 21.2 Å². The quantitative estimate of drug-likeness (QED) is 0.730. The van der Waals surface area contributed by atoms with Crippen molar-refractivity contribution in [1.29, 1.82) is 0 Å². The van der Waals surface area contributed by atoms with Gasteiger partial charge in [0, 0.05) is 24.8 Å². The molecule has 4 heterocycles. The van der Waals surface area contributed by atoms with Crippen molar-refractivity contribution >= 4 is 29.3 Å². The van der Waals surface area contributed by atoms with E-state index in [0.717, 1.165) is 0 Å². The highest BCUT2D eigenvalue weighted by Gasteiger charge is 2.40. The van der Waals surface area contributed by atoms with Crippen LogP contribution < -0.4 is 20.4 Å². The molecule has 2 aromatic rings. The van der Waals surface area contributed by atoms with Crippen LogP contribution in [0.15, 0.2) is 30.5 Å². The Morgan fingerprint density at radius 3 is 2.84 bits per heavy atom. The van der Waals surface area contributed by atoms with Crippen molar-refractivity contribution in [3.8, 4) is 12.3 Å². The Kier molecular flexibility index (Phi) is 5.14. The average molecular weight is 430 g/mol. The van der Waals surface area contributed by atoms with E-state index in [0.29, 0.717) is 30.8 Å². The van der Waals surface area contributed by atoms with E-state index in [1.807, 2.05) is 4.90 Å². The molecule has 160 valence electrons. The van der Waals surface area contributed by atoms with Crippen molar-refractivity contribution in [2.75, 3.05) is 34.8 Å². The van der Waals surface area contributed by atoms with Gasteiger partial charge in [0.05, 0.1) is 11.7 Å². The molecule has 1 fully saturated rings. The third kappa shape index (κ3) is 4.23. The predicted molar refractivity (Wildman–Crippen MR) is 107 cm³/mol. The number of hydrogen-bond donors (Lipinski definition) is 2. The first-order valence-electron chi connectivity index (χ1n) is 9.39. The molecule has 2 aliphatic heterocycles. The first-order chi connectivity index (χ1) is 14.7. The Labute approximate surface area is 175 Å². The molecule has 2 bridgehead atoms. The first-order valence-corrected chi connectivity index (χ1v) is 9.39. The number of nitrogens with one attached hydrogen (secondary N) is 2. The fourth-order valence-electron chi connectivity index (χ4n) is 3.63. The number of terminal acetylenes is 1. The molecule has 2 aliphatic rings. The SMILES string of the molecule is C#Cc1ccnc(NC(=O)N2c3nc(C(=O)NCC(F)(F)F)ccc3N3CCC2C3)c1. The summed E-state index contributed by atoms with van der Waals surface area (Å²) in [7, 11) is 0. The number of nitrogens with zero attached hydrogens (tertiary/aromatic N) is 4. The lowest BCUT2D eigenvalue weighted by Gasteiger charge is -2.35. The molecule has 2 N–H and O–H groups in total. The average Bonchev–Trinajstić information content (AvgIpc) is 3.15. The summed E-state index contributed by atoms with van der Waals surface area (Å²) in [6.07, 6.45) is 2.98. The van der Waals surface area contributed by atoms with Crippen LogP contribution in [0.4, 0.5) is 35.3 Å². The maximum atomic E-state index is 13.1. The maximum absolute atomic E-state index is 13.1. The van der Waals surface area contributed by atoms with Gasteiger partial charge in [0.25, 0.3) is 5.91 Å². The van der Waals surface area contributed by atoms with Gasteiger partial charge in [0.2, 0.25) is 0 Å². The molecule has 2 aromatic heterocycles. The predicted octanol–water partition coefficient (Wildman–Crippen LogP) is 2.38. The van der Waals surface area contributed by atoms with Gasteiger partial charge in [-0.2, -0.15) is 13.2 Å². The Balaban J connectivity index is 1.62. The van der Waals surface area contributed by atoms with Crippen LogP contribution in [0.3, 0.4) is 0 Å². The number of carbonyl (C=O) groups excluding carboxylic acids is 2. The molecular formula is C20H17F3N6O2. The second-order valence-corrected chi connectivity index (χ2v) is 7.10. The number of alkyl halides is 3. The summed E-state index contributed by atoms with van der Waals surface area (Å²) < 4.78 is 37.3. The minimum absolute atomic E-state index is 0.204. The summed E-state index contributed by atoms with van der Waals surface area (Å²) in [6.45, 7) is -0.201. The van der Waals surface area contributed by atoms with E-state index < -0.39 is 24.7 Å². The molecule has 8 nitrogen and oxygen atoms in total. The number of carbonyl (C=O) groups is 2. The van der Waals surface area contributed by atoms with Gasteiger partial charge in [-0.3, -0.25) is 15.0 Å². The van der Waals surface area contributed by atoms with Crippen molar-refractivity contribution in [3.63, 3.8) is 0 Å². The van der Waals surface area contributed by atoms with Crippen LogP contribution in [-0.4, -0.2) is 53.8 Å². The van der Waals surface area contributed by atoms with Crippen LogP contribution in [0.2, 0.25) is 0 Å². The minimum atomic E-state index is -4.54. The van der Waals surface area contributed by atoms with E-state index in [-0.39, 0.29) is 23.4 Å². The molecule has 0 saturated carbocycles. The van der Waals surface area contributed by atoms with E-state index in [4.69, 9.17) is 6.42 Å². The minimum Gasteiger partial charge on any atom is -0.366 e. The lowest BCUT2D eigenvalue weighted by atomic mass is 10.1. The van der Waals surface area contributed by atoms with Crippen LogP contribution in [0, 0.1) is 12.3 Å². The van der Waals surface area contributed by atoms with E-state index >= 15 is 0 Å². The Hall–Kier alpha value is -3.81. The molecule has 1 unspecified atom stereocenters. The summed E-state index contributed by atoms with van der Waals surface area (Å²) in [5.74, 6) is 1.94. The van der Waals surface area contributed by atoms with Crippen molar-refractivity contribution < 1.29 is 22.8 Å². The second kappa shape index (κ2) is 7.79. The van der Waals surface area contributed by atoms with Gasteiger partial charge in [-0.15, -0.1) is 6.42 Å².